The summed E-state index contributed by atoms with van der Waals surface area (Å²) < 4.78 is 0. The van der Waals surface area contributed by atoms with Crippen LogP contribution in [0, 0.1) is 0 Å². The van der Waals surface area contributed by atoms with E-state index in [0.717, 1.165) is 12.8 Å². The van der Waals surface area contributed by atoms with Gasteiger partial charge in [-0.1, -0.05) is 25.5 Å². The molecule has 26 heavy (non-hydrogen) atoms. The fraction of sp³-hybridized carbons (Fsp3) is 0.250. The Bertz CT molecular complexity index is 767. The molecule has 2 amide bonds. The Labute approximate surface area is 152 Å². The van der Waals surface area contributed by atoms with Crippen LogP contribution in [0.4, 0.5) is 5.69 Å². The fourth-order valence-corrected chi connectivity index (χ4v) is 2.40. The molecule has 0 saturated heterocycles. The van der Waals surface area contributed by atoms with Crippen LogP contribution in [0.25, 0.3) is 0 Å². The number of carbonyl (C=O) groups excluding carboxylic acids is 2. The molecule has 3 N–H and O–H groups in total. The van der Waals surface area contributed by atoms with E-state index >= 15 is 0 Å². The highest BCUT2D eigenvalue weighted by molar-refractivity contribution is 6.04. The van der Waals surface area contributed by atoms with Crippen molar-refractivity contribution in [3.8, 4) is 0 Å². The van der Waals surface area contributed by atoms with Crippen LogP contribution in [0.2, 0.25) is 0 Å². The van der Waals surface area contributed by atoms with Crippen LogP contribution in [0.3, 0.4) is 0 Å². The third kappa shape index (κ3) is 5.73. The number of hydrogen-bond donors (Lipinski definition) is 3. The third-order valence-corrected chi connectivity index (χ3v) is 3.78. The predicted octanol–water partition coefficient (Wildman–Crippen LogP) is 3.10. The Kier molecular flexibility index (Phi) is 6.91. The summed E-state index contributed by atoms with van der Waals surface area (Å²) >= 11 is 0. The number of nitrogens with one attached hydrogen (secondary N) is 2. The third-order valence-electron chi connectivity index (χ3n) is 3.78. The van der Waals surface area contributed by atoms with Crippen LogP contribution in [0.1, 0.15) is 46.0 Å². The molecule has 0 aromatic heterocycles. The quantitative estimate of drug-likeness (QED) is 0.679. The predicted molar refractivity (Wildman–Crippen MR) is 99.4 cm³/mol. The Morgan fingerprint density at radius 3 is 2.04 bits per heavy atom. The van der Waals surface area contributed by atoms with E-state index in [4.69, 9.17) is 5.11 Å². The normalized spacial score (nSPS) is 10.2. The van der Waals surface area contributed by atoms with Gasteiger partial charge in [0.25, 0.3) is 11.8 Å². The van der Waals surface area contributed by atoms with Gasteiger partial charge in [-0.3, -0.25) is 14.4 Å². The second-order valence-corrected chi connectivity index (χ2v) is 5.88. The van der Waals surface area contributed by atoms with Crippen molar-refractivity contribution < 1.29 is 19.5 Å². The number of carboxylic acids is 1. The molecule has 2 aromatic rings. The lowest BCUT2D eigenvalue weighted by Gasteiger charge is -2.08. The van der Waals surface area contributed by atoms with Crippen molar-refractivity contribution in [3.05, 3.63) is 65.2 Å². The van der Waals surface area contributed by atoms with Gasteiger partial charge in [-0.25, -0.2) is 0 Å². The molecule has 0 aliphatic carbocycles. The van der Waals surface area contributed by atoms with Gasteiger partial charge in [-0.2, -0.15) is 0 Å². The van der Waals surface area contributed by atoms with E-state index in [2.05, 4.69) is 17.6 Å². The molecule has 0 fully saturated rings. The molecule has 0 heterocycles. The van der Waals surface area contributed by atoms with Gasteiger partial charge < -0.3 is 15.7 Å². The van der Waals surface area contributed by atoms with Crippen LogP contribution in [-0.4, -0.2) is 29.4 Å². The van der Waals surface area contributed by atoms with Gasteiger partial charge in [0, 0.05) is 23.4 Å². The zero-order valence-corrected chi connectivity index (χ0v) is 14.6. The van der Waals surface area contributed by atoms with Gasteiger partial charge in [0.1, 0.15) is 0 Å². The molecule has 0 spiro atoms. The first-order valence-corrected chi connectivity index (χ1v) is 8.50. The van der Waals surface area contributed by atoms with Crippen LogP contribution >= 0.6 is 0 Å². The second kappa shape index (κ2) is 9.36. The SMILES string of the molecule is CCCc1ccc(C(=O)Nc2ccc(C(=O)NCCC(=O)O)cc2)cc1. The van der Waals surface area contributed by atoms with E-state index < -0.39 is 5.97 Å². The summed E-state index contributed by atoms with van der Waals surface area (Å²) in [5.41, 5.74) is 2.75. The van der Waals surface area contributed by atoms with Crippen molar-refractivity contribution in [1.82, 2.24) is 5.32 Å². The standard InChI is InChI=1S/C20H22N2O4/c1-2-3-14-4-6-16(7-5-14)20(26)22-17-10-8-15(9-11-17)19(25)21-13-12-18(23)24/h4-11H,2-3,12-13H2,1H3,(H,21,25)(H,22,26)(H,23,24). The topological polar surface area (TPSA) is 95.5 Å². The summed E-state index contributed by atoms with van der Waals surface area (Å²) in [7, 11) is 0. The lowest BCUT2D eigenvalue weighted by molar-refractivity contribution is -0.136. The monoisotopic (exact) mass is 354 g/mol. The maximum Gasteiger partial charge on any atom is 0.305 e. The maximum absolute atomic E-state index is 12.3. The molecule has 0 aliphatic heterocycles. The number of aliphatic carboxylic acids is 1. The molecule has 0 unspecified atom stereocenters. The van der Waals surface area contributed by atoms with E-state index in [1.165, 1.54) is 5.56 Å². The molecule has 6 nitrogen and oxygen atoms in total. The Hall–Kier alpha value is -3.15. The van der Waals surface area contributed by atoms with Gasteiger partial charge in [0.2, 0.25) is 0 Å². The van der Waals surface area contributed by atoms with Gasteiger partial charge in [-0.15, -0.1) is 0 Å². The summed E-state index contributed by atoms with van der Waals surface area (Å²) in [6.07, 6.45) is 1.91. The van der Waals surface area contributed by atoms with E-state index in [9.17, 15) is 14.4 Å². The lowest BCUT2D eigenvalue weighted by atomic mass is 10.1. The first-order valence-electron chi connectivity index (χ1n) is 8.50. The molecule has 2 aromatic carbocycles. The molecular weight excluding hydrogens is 332 g/mol. The summed E-state index contributed by atoms with van der Waals surface area (Å²) in [6.45, 7) is 2.18. The first kappa shape index (κ1) is 19.2. The summed E-state index contributed by atoms with van der Waals surface area (Å²) in [6, 6.07) is 13.9. The fourth-order valence-electron chi connectivity index (χ4n) is 2.40. The van der Waals surface area contributed by atoms with Gasteiger partial charge in [-0.05, 0) is 48.4 Å². The van der Waals surface area contributed by atoms with E-state index in [-0.39, 0.29) is 24.8 Å². The molecule has 2 rings (SSSR count). The van der Waals surface area contributed by atoms with Crippen LogP contribution in [-0.2, 0) is 11.2 Å². The highest BCUT2D eigenvalue weighted by atomic mass is 16.4. The molecule has 6 heteroatoms. The van der Waals surface area contributed by atoms with E-state index in [1.54, 1.807) is 36.4 Å². The number of hydrogen-bond acceptors (Lipinski definition) is 3. The van der Waals surface area contributed by atoms with Crippen LogP contribution < -0.4 is 10.6 Å². The van der Waals surface area contributed by atoms with Crippen LogP contribution in [0.15, 0.2) is 48.5 Å². The van der Waals surface area contributed by atoms with Crippen molar-refractivity contribution in [3.63, 3.8) is 0 Å². The number of carbonyl (C=O) groups is 3. The molecule has 0 saturated carbocycles. The van der Waals surface area contributed by atoms with Gasteiger partial charge in [0.15, 0.2) is 0 Å². The average molecular weight is 354 g/mol. The number of benzene rings is 2. The number of rotatable bonds is 8. The minimum atomic E-state index is -0.967. The smallest absolute Gasteiger partial charge is 0.305 e. The number of carboxylic acid groups (broad SMARTS) is 1. The number of amides is 2. The summed E-state index contributed by atoms with van der Waals surface area (Å²) in [5, 5.41) is 13.9. The summed E-state index contributed by atoms with van der Waals surface area (Å²) in [4.78, 5) is 34.6. The first-order chi connectivity index (χ1) is 12.5. The molecule has 0 aliphatic rings. The Morgan fingerprint density at radius 1 is 0.885 bits per heavy atom. The Morgan fingerprint density at radius 2 is 1.46 bits per heavy atom. The second-order valence-electron chi connectivity index (χ2n) is 5.88. The van der Waals surface area contributed by atoms with Crippen molar-refractivity contribution in [2.75, 3.05) is 11.9 Å². The largest absolute Gasteiger partial charge is 0.481 e. The average Bonchev–Trinajstić information content (AvgIpc) is 2.63. The highest BCUT2D eigenvalue weighted by Gasteiger charge is 2.09. The number of anilines is 1. The van der Waals surface area contributed by atoms with Gasteiger partial charge >= 0.3 is 5.97 Å². The molecule has 136 valence electrons. The molecular formula is C20H22N2O4. The van der Waals surface area contributed by atoms with Crippen molar-refractivity contribution in [2.24, 2.45) is 0 Å². The lowest BCUT2D eigenvalue weighted by Crippen LogP contribution is -2.25. The van der Waals surface area contributed by atoms with E-state index in [0.29, 0.717) is 16.8 Å². The van der Waals surface area contributed by atoms with Crippen LogP contribution in [0.5, 0.6) is 0 Å². The van der Waals surface area contributed by atoms with Crippen molar-refractivity contribution in [1.29, 1.82) is 0 Å². The maximum atomic E-state index is 12.3. The van der Waals surface area contributed by atoms with Gasteiger partial charge in [0.05, 0.1) is 6.42 Å². The Balaban J connectivity index is 1.92. The van der Waals surface area contributed by atoms with E-state index in [1.807, 2.05) is 12.1 Å². The zero-order chi connectivity index (χ0) is 18.9. The zero-order valence-electron chi connectivity index (χ0n) is 14.6. The minimum absolute atomic E-state index is 0.0701. The summed E-state index contributed by atoms with van der Waals surface area (Å²) in [5.74, 6) is -1.53. The molecule has 0 radical (unpaired) electrons. The molecule has 0 bridgehead atoms. The minimum Gasteiger partial charge on any atom is -0.481 e. The number of aryl methyl sites for hydroxylation is 1. The van der Waals surface area contributed by atoms with Crippen molar-refractivity contribution >= 4 is 23.5 Å². The molecule has 0 atom stereocenters. The van der Waals surface area contributed by atoms with Crippen molar-refractivity contribution in [2.45, 2.75) is 26.2 Å². The highest BCUT2D eigenvalue weighted by Crippen LogP contribution is 2.13.